The van der Waals surface area contributed by atoms with E-state index in [-0.39, 0.29) is 6.61 Å². The number of hydrogen-bond acceptors (Lipinski definition) is 5. The van der Waals surface area contributed by atoms with E-state index in [1.54, 1.807) is 49.6 Å². The maximum absolute atomic E-state index is 12.0. The Labute approximate surface area is 199 Å². The van der Waals surface area contributed by atoms with Gasteiger partial charge in [-0.05, 0) is 74.3 Å². The Morgan fingerprint density at radius 2 is 1.90 bits per heavy atom. The van der Waals surface area contributed by atoms with Crippen LogP contribution in [-0.2, 0) is 4.79 Å². The molecule has 0 spiro atoms. The van der Waals surface area contributed by atoms with Crippen LogP contribution in [-0.4, -0.2) is 25.8 Å². The number of hydrazone groups is 1. The number of rotatable bonds is 7. The van der Waals surface area contributed by atoms with E-state index in [0.29, 0.717) is 47.6 Å². The zero-order valence-electron chi connectivity index (χ0n) is 15.4. The van der Waals surface area contributed by atoms with Gasteiger partial charge in [-0.25, -0.2) is 5.43 Å². The number of ether oxygens (including phenoxy) is 2. The van der Waals surface area contributed by atoms with Gasteiger partial charge in [-0.1, -0.05) is 23.2 Å². The molecule has 0 radical (unpaired) electrons. The zero-order valence-corrected chi connectivity index (χ0v) is 20.1. The standard InChI is InChI=1S/C20H14Br2Cl2N2O4/c1-28-13-7-15(21)20(16(22)8-13)29-10-19(27)26-25-9-12-3-5-18(30-12)14-4-2-11(23)6-17(14)24/h2-9H,10H2,1H3,(H,26,27)/b25-9-. The number of halogens is 4. The molecule has 0 aliphatic heterocycles. The molecule has 30 heavy (non-hydrogen) atoms. The first-order valence-corrected chi connectivity index (χ1v) is 10.7. The highest BCUT2D eigenvalue weighted by Crippen LogP contribution is 2.37. The molecule has 1 N–H and O–H groups in total. The van der Waals surface area contributed by atoms with Crippen LogP contribution in [0.4, 0.5) is 0 Å². The lowest BCUT2D eigenvalue weighted by Crippen LogP contribution is -2.24. The number of carbonyl (C=O) groups excluding carboxylic acids is 1. The van der Waals surface area contributed by atoms with Gasteiger partial charge < -0.3 is 13.9 Å². The predicted molar refractivity (Wildman–Crippen MR) is 124 cm³/mol. The van der Waals surface area contributed by atoms with Crippen LogP contribution in [0.25, 0.3) is 11.3 Å². The highest BCUT2D eigenvalue weighted by Gasteiger charge is 2.12. The molecule has 0 bridgehead atoms. The summed E-state index contributed by atoms with van der Waals surface area (Å²) in [5.41, 5.74) is 3.08. The van der Waals surface area contributed by atoms with Crippen LogP contribution in [0, 0.1) is 0 Å². The molecule has 1 aromatic heterocycles. The van der Waals surface area contributed by atoms with Crippen LogP contribution in [0.15, 0.2) is 60.9 Å². The van der Waals surface area contributed by atoms with Crippen molar-refractivity contribution in [3.05, 3.63) is 67.2 Å². The Kier molecular flexibility index (Phi) is 7.82. The Hall–Kier alpha value is -2.00. The SMILES string of the molecule is COc1cc(Br)c(OCC(=O)N/N=C\c2ccc(-c3ccc(Cl)cc3Cl)o2)c(Br)c1. The Morgan fingerprint density at radius 3 is 2.57 bits per heavy atom. The monoisotopic (exact) mass is 574 g/mol. The summed E-state index contributed by atoms with van der Waals surface area (Å²) >= 11 is 18.8. The van der Waals surface area contributed by atoms with Gasteiger partial charge in [0.2, 0.25) is 0 Å². The molecule has 0 unspecified atom stereocenters. The Balaban J connectivity index is 1.56. The fraction of sp³-hybridized carbons (Fsp3) is 0.100. The molecule has 3 rings (SSSR count). The minimum Gasteiger partial charge on any atom is -0.497 e. The lowest BCUT2D eigenvalue weighted by atomic mass is 10.2. The average Bonchev–Trinajstić information content (AvgIpc) is 3.15. The molecule has 3 aromatic rings. The van der Waals surface area contributed by atoms with Crippen molar-refractivity contribution < 1.29 is 18.7 Å². The second-order valence-corrected chi connectivity index (χ2v) is 8.38. The van der Waals surface area contributed by atoms with Gasteiger partial charge in [0.15, 0.2) is 6.61 Å². The topological polar surface area (TPSA) is 73.1 Å². The molecular weight excluding hydrogens is 563 g/mol. The molecule has 0 aliphatic carbocycles. The molecule has 6 nitrogen and oxygen atoms in total. The lowest BCUT2D eigenvalue weighted by Gasteiger charge is -2.11. The number of carbonyl (C=O) groups is 1. The average molecular weight is 577 g/mol. The van der Waals surface area contributed by atoms with Crippen molar-refractivity contribution in [1.29, 1.82) is 0 Å². The van der Waals surface area contributed by atoms with Crippen LogP contribution < -0.4 is 14.9 Å². The van der Waals surface area contributed by atoms with E-state index >= 15 is 0 Å². The van der Waals surface area contributed by atoms with E-state index < -0.39 is 5.91 Å². The predicted octanol–water partition coefficient (Wildman–Crippen LogP) is 6.32. The smallest absolute Gasteiger partial charge is 0.277 e. The summed E-state index contributed by atoms with van der Waals surface area (Å²) in [5.74, 6) is 1.69. The van der Waals surface area contributed by atoms with Crippen LogP contribution in [0.2, 0.25) is 10.0 Å². The fourth-order valence-electron chi connectivity index (χ4n) is 2.39. The quantitative estimate of drug-likeness (QED) is 0.264. The van der Waals surface area contributed by atoms with Crippen molar-refractivity contribution in [2.45, 2.75) is 0 Å². The summed E-state index contributed by atoms with van der Waals surface area (Å²) in [6, 6.07) is 12.0. The third kappa shape index (κ3) is 5.78. The van der Waals surface area contributed by atoms with Gasteiger partial charge >= 0.3 is 0 Å². The zero-order chi connectivity index (χ0) is 21.7. The van der Waals surface area contributed by atoms with Crippen molar-refractivity contribution in [2.24, 2.45) is 5.10 Å². The van der Waals surface area contributed by atoms with Crippen LogP contribution in [0.1, 0.15) is 5.76 Å². The molecule has 1 amide bonds. The highest BCUT2D eigenvalue weighted by molar-refractivity contribution is 9.11. The fourth-order valence-corrected chi connectivity index (χ4v) is 4.26. The number of hydrogen-bond donors (Lipinski definition) is 1. The minimum atomic E-state index is -0.437. The first-order chi connectivity index (χ1) is 14.4. The van der Waals surface area contributed by atoms with E-state index in [1.165, 1.54) is 6.21 Å². The molecule has 0 saturated heterocycles. The molecule has 2 aromatic carbocycles. The second kappa shape index (κ2) is 10.3. The summed E-state index contributed by atoms with van der Waals surface area (Å²) in [7, 11) is 1.56. The molecule has 156 valence electrons. The van der Waals surface area contributed by atoms with Gasteiger partial charge in [0, 0.05) is 10.6 Å². The largest absolute Gasteiger partial charge is 0.497 e. The third-order valence-electron chi connectivity index (χ3n) is 3.76. The molecule has 0 saturated carbocycles. The Bertz CT molecular complexity index is 1080. The number of furan rings is 1. The van der Waals surface area contributed by atoms with Gasteiger partial charge in [0.05, 0.1) is 27.3 Å². The number of nitrogens with zero attached hydrogens (tertiary/aromatic N) is 1. The van der Waals surface area contributed by atoms with Gasteiger partial charge in [-0.3, -0.25) is 4.79 Å². The van der Waals surface area contributed by atoms with E-state index in [4.69, 9.17) is 37.1 Å². The number of benzene rings is 2. The van der Waals surface area contributed by atoms with Gasteiger partial charge in [-0.15, -0.1) is 0 Å². The van der Waals surface area contributed by atoms with Crippen molar-refractivity contribution in [3.8, 4) is 22.8 Å². The maximum Gasteiger partial charge on any atom is 0.277 e. The first kappa shape index (κ1) is 22.7. The summed E-state index contributed by atoms with van der Waals surface area (Å²) in [6.45, 7) is -0.231. The van der Waals surface area contributed by atoms with Crippen LogP contribution >= 0.6 is 55.1 Å². The second-order valence-electron chi connectivity index (χ2n) is 5.83. The molecular formula is C20H14Br2Cl2N2O4. The van der Waals surface area contributed by atoms with E-state index in [0.717, 1.165) is 0 Å². The van der Waals surface area contributed by atoms with Gasteiger partial charge in [0.25, 0.3) is 5.91 Å². The van der Waals surface area contributed by atoms with E-state index in [9.17, 15) is 4.79 Å². The van der Waals surface area contributed by atoms with E-state index in [2.05, 4.69) is 42.4 Å². The Morgan fingerprint density at radius 1 is 1.17 bits per heavy atom. The lowest BCUT2D eigenvalue weighted by molar-refractivity contribution is -0.123. The molecule has 1 heterocycles. The summed E-state index contributed by atoms with van der Waals surface area (Å²) in [6.07, 6.45) is 1.38. The number of amides is 1. The minimum absolute atomic E-state index is 0.231. The van der Waals surface area contributed by atoms with Gasteiger partial charge in [-0.2, -0.15) is 5.10 Å². The first-order valence-electron chi connectivity index (χ1n) is 8.40. The van der Waals surface area contributed by atoms with Crippen molar-refractivity contribution >= 4 is 67.2 Å². The van der Waals surface area contributed by atoms with Crippen LogP contribution in [0.5, 0.6) is 11.5 Å². The molecule has 0 fully saturated rings. The maximum atomic E-state index is 12.0. The summed E-state index contributed by atoms with van der Waals surface area (Å²) in [4.78, 5) is 12.0. The molecule has 0 aliphatic rings. The summed E-state index contributed by atoms with van der Waals surface area (Å²) < 4.78 is 17.7. The summed E-state index contributed by atoms with van der Waals surface area (Å²) in [5, 5.41) is 4.89. The molecule has 10 heteroatoms. The normalized spacial score (nSPS) is 11.0. The molecule has 0 atom stereocenters. The van der Waals surface area contributed by atoms with Gasteiger partial charge in [0.1, 0.15) is 23.0 Å². The van der Waals surface area contributed by atoms with Crippen molar-refractivity contribution in [1.82, 2.24) is 5.43 Å². The third-order valence-corrected chi connectivity index (χ3v) is 5.49. The number of methoxy groups -OCH3 is 1. The van der Waals surface area contributed by atoms with E-state index in [1.807, 2.05) is 0 Å². The van der Waals surface area contributed by atoms with Crippen molar-refractivity contribution in [2.75, 3.05) is 13.7 Å². The highest BCUT2D eigenvalue weighted by atomic mass is 79.9. The number of nitrogens with one attached hydrogen (secondary N) is 1. The van der Waals surface area contributed by atoms with Crippen molar-refractivity contribution in [3.63, 3.8) is 0 Å². The van der Waals surface area contributed by atoms with Crippen LogP contribution in [0.3, 0.4) is 0 Å².